The Morgan fingerprint density at radius 3 is 2.94 bits per heavy atom. The molecule has 1 heterocycles. The van der Waals surface area contributed by atoms with Crippen molar-refractivity contribution in [2.24, 2.45) is 0 Å². The molecule has 0 aliphatic heterocycles. The monoisotopic (exact) mass is 269 g/mol. The van der Waals surface area contributed by atoms with Crippen LogP contribution in [-0.4, -0.2) is 31.2 Å². The van der Waals surface area contributed by atoms with Crippen LogP contribution in [0.4, 0.5) is 0 Å². The Hall–Kier alpha value is -1.49. The van der Waals surface area contributed by atoms with E-state index in [0.717, 1.165) is 0 Å². The maximum Gasteiger partial charge on any atom is 0.243 e. The first kappa shape index (κ1) is 14.6. The zero-order chi connectivity index (χ0) is 13.6. The third kappa shape index (κ3) is 3.77. The molecule has 0 fully saturated rings. The lowest BCUT2D eigenvalue weighted by Crippen LogP contribution is -2.28. The summed E-state index contributed by atoms with van der Waals surface area (Å²) in [7, 11) is -3.75. The summed E-state index contributed by atoms with van der Waals surface area (Å²) in [5, 5.41) is 18.1. The molecule has 0 aliphatic carbocycles. The van der Waals surface area contributed by atoms with Gasteiger partial charge in [0.25, 0.3) is 0 Å². The van der Waals surface area contributed by atoms with Crippen LogP contribution in [0.15, 0.2) is 23.2 Å². The van der Waals surface area contributed by atoms with Crippen LogP contribution in [-0.2, 0) is 10.0 Å². The van der Waals surface area contributed by atoms with Gasteiger partial charge >= 0.3 is 0 Å². The van der Waals surface area contributed by atoms with Crippen molar-refractivity contribution in [2.75, 3.05) is 6.54 Å². The first-order valence-electron chi connectivity index (χ1n) is 5.54. The van der Waals surface area contributed by atoms with Crippen LogP contribution < -0.4 is 4.72 Å². The van der Waals surface area contributed by atoms with Gasteiger partial charge in [0.2, 0.25) is 10.0 Å². The van der Waals surface area contributed by atoms with Crippen molar-refractivity contribution in [2.45, 2.75) is 30.8 Å². The molecule has 18 heavy (non-hydrogen) atoms. The molecule has 0 bridgehead atoms. The van der Waals surface area contributed by atoms with Crippen molar-refractivity contribution in [3.05, 3.63) is 24.0 Å². The normalized spacial score (nSPS) is 12.9. The maximum atomic E-state index is 11.9. The van der Waals surface area contributed by atoms with Crippen LogP contribution in [0.2, 0.25) is 0 Å². The molecule has 0 saturated heterocycles. The number of nitrogens with one attached hydrogen (secondary N) is 1. The number of aliphatic hydroxyl groups excluding tert-OH is 1. The van der Waals surface area contributed by atoms with E-state index in [0.29, 0.717) is 12.8 Å². The van der Waals surface area contributed by atoms with Crippen molar-refractivity contribution in [1.82, 2.24) is 9.71 Å². The number of hydrogen-bond donors (Lipinski definition) is 2. The van der Waals surface area contributed by atoms with Gasteiger partial charge in [-0.05, 0) is 25.0 Å². The largest absolute Gasteiger partial charge is 0.393 e. The first-order valence-corrected chi connectivity index (χ1v) is 7.02. The number of nitriles is 1. The fourth-order valence-corrected chi connectivity index (χ4v) is 2.49. The van der Waals surface area contributed by atoms with Crippen LogP contribution >= 0.6 is 0 Å². The van der Waals surface area contributed by atoms with Crippen molar-refractivity contribution in [1.29, 1.82) is 5.26 Å². The summed E-state index contributed by atoms with van der Waals surface area (Å²) >= 11 is 0. The van der Waals surface area contributed by atoms with E-state index in [-0.39, 0.29) is 17.1 Å². The number of rotatable bonds is 6. The number of aliphatic hydroxyl groups is 1. The van der Waals surface area contributed by atoms with E-state index in [1.165, 1.54) is 18.3 Å². The van der Waals surface area contributed by atoms with Crippen LogP contribution in [0.1, 0.15) is 25.5 Å². The lowest BCUT2D eigenvalue weighted by molar-refractivity contribution is 0.162. The van der Waals surface area contributed by atoms with Crippen molar-refractivity contribution < 1.29 is 13.5 Å². The molecule has 1 rings (SSSR count). The molecular weight excluding hydrogens is 254 g/mol. The predicted octanol–water partition coefficient (Wildman–Crippen LogP) is 0.393. The first-order chi connectivity index (χ1) is 8.51. The van der Waals surface area contributed by atoms with Gasteiger partial charge in [-0.2, -0.15) is 5.26 Å². The summed E-state index contributed by atoms with van der Waals surface area (Å²) in [4.78, 5) is 3.55. The fraction of sp³-hybridized carbons (Fsp3) is 0.455. The maximum absolute atomic E-state index is 11.9. The highest BCUT2D eigenvalue weighted by Crippen LogP contribution is 2.11. The smallest absolute Gasteiger partial charge is 0.243 e. The van der Waals surface area contributed by atoms with Gasteiger partial charge in [0.05, 0.1) is 6.10 Å². The van der Waals surface area contributed by atoms with Crippen LogP contribution in [0.5, 0.6) is 0 Å². The van der Waals surface area contributed by atoms with Gasteiger partial charge in [-0.1, -0.05) is 6.92 Å². The molecule has 1 aromatic rings. The zero-order valence-corrected chi connectivity index (χ0v) is 10.8. The average molecular weight is 269 g/mol. The second-order valence-corrected chi connectivity index (χ2v) is 5.45. The average Bonchev–Trinajstić information content (AvgIpc) is 2.38. The molecule has 1 atom stereocenters. The number of nitrogens with zero attached hydrogens (tertiary/aromatic N) is 2. The SMILES string of the molecule is CCC(O)CCNS(=O)(=O)c1cccnc1C#N. The molecule has 2 N–H and O–H groups in total. The summed E-state index contributed by atoms with van der Waals surface area (Å²) in [6.07, 6.45) is 1.73. The Balaban J connectivity index is 2.78. The second-order valence-electron chi connectivity index (χ2n) is 3.71. The summed E-state index contributed by atoms with van der Waals surface area (Å²) in [5.41, 5.74) is -0.138. The number of aromatic nitrogens is 1. The lowest BCUT2D eigenvalue weighted by Gasteiger charge is -2.09. The van der Waals surface area contributed by atoms with Crippen LogP contribution in [0, 0.1) is 11.3 Å². The highest BCUT2D eigenvalue weighted by atomic mass is 32.2. The molecule has 0 spiro atoms. The van der Waals surface area contributed by atoms with E-state index in [4.69, 9.17) is 5.26 Å². The Morgan fingerprint density at radius 2 is 2.33 bits per heavy atom. The van der Waals surface area contributed by atoms with E-state index in [1.54, 1.807) is 6.07 Å². The second kappa shape index (κ2) is 6.44. The highest BCUT2D eigenvalue weighted by molar-refractivity contribution is 7.89. The Morgan fingerprint density at radius 1 is 1.61 bits per heavy atom. The minimum atomic E-state index is -3.75. The third-order valence-electron chi connectivity index (χ3n) is 2.41. The van der Waals surface area contributed by atoms with Crippen molar-refractivity contribution >= 4 is 10.0 Å². The molecule has 7 heteroatoms. The van der Waals surface area contributed by atoms with E-state index >= 15 is 0 Å². The van der Waals surface area contributed by atoms with Crippen LogP contribution in [0.3, 0.4) is 0 Å². The summed E-state index contributed by atoms with van der Waals surface area (Å²) in [6, 6.07) is 4.51. The van der Waals surface area contributed by atoms with Gasteiger partial charge < -0.3 is 5.11 Å². The lowest BCUT2D eigenvalue weighted by atomic mass is 10.2. The molecule has 1 aromatic heterocycles. The zero-order valence-electron chi connectivity index (χ0n) is 10.00. The number of pyridine rings is 1. The van der Waals surface area contributed by atoms with Gasteiger partial charge in [0, 0.05) is 12.7 Å². The quantitative estimate of drug-likeness (QED) is 0.777. The minimum absolute atomic E-state index is 0.122. The Kier molecular flexibility index (Phi) is 5.22. The molecule has 0 saturated carbocycles. The molecule has 0 aliphatic rings. The van der Waals surface area contributed by atoms with Gasteiger partial charge in [0.1, 0.15) is 11.0 Å². The van der Waals surface area contributed by atoms with E-state index in [2.05, 4.69) is 9.71 Å². The highest BCUT2D eigenvalue weighted by Gasteiger charge is 2.18. The Bertz CT molecular complexity index is 537. The topological polar surface area (TPSA) is 103 Å². The fourth-order valence-electron chi connectivity index (χ4n) is 1.33. The molecule has 0 amide bonds. The Labute approximate surface area is 106 Å². The van der Waals surface area contributed by atoms with Crippen molar-refractivity contribution in [3.8, 4) is 6.07 Å². The van der Waals surface area contributed by atoms with Crippen LogP contribution in [0.25, 0.3) is 0 Å². The molecule has 6 nitrogen and oxygen atoms in total. The van der Waals surface area contributed by atoms with Gasteiger partial charge in [0.15, 0.2) is 5.69 Å². The van der Waals surface area contributed by atoms with E-state index < -0.39 is 16.1 Å². The van der Waals surface area contributed by atoms with Crippen molar-refractivity contribution in [3.63, 3.8) is 0 Å². The summed E-state index contributed by atoms with van der Waals surface area (Å²) in [5.74, 6) is 0. The molecule has 1 unspecified atom stereocenters. The van der Waals surface area contributed by atoms with Gasteiger partial charge in [-0.15, -0.1) is 0 Å². The summed E-state index contributed by atoms with van der Waals surface area (Å²) in [6.45, 7) is 1.94. The molecular formula is C11H15N3O3S. The standard InChI is InChI=1S/C11H15N3O3S/c1-2-9(15)5-7-14-18(16,17)11-4-3-6-13-10(11)8-12/h3-4,6,9,14-15H,2,5,7H2,1H3. The number of sulfonamides is 1. The van der Waals surface area contributed by atoms with E-state index in [9.17, 15) is 13.5 Å². The van der Waals surface area contributed by atoms with E-state index in [1.807, 2.05) is 6.92 Å². The predicted molar refractivity (Wildman–Crippen MR) is 65.1 cm³/mol. The molecule has 0 radical (unpaired) electrons. The molecule has 0 aromatic carbocycles. The van der Waals surface area contributed by atoms with Gasteiger partial charge in [-0.25, -0.2) is 18.1 Å². The summed E-state index contributed by atoms with van der Waals surface area (Å²) < 4.78 is 26.1. The number of hydrogen-bond acceptors (Lipinski definition) is 5. The third-order valence-corrected chi connectivity index (χ3v) is 3.90. The minimum Gasteiger partial charge on any atom is -0.393 e. The van der Waals surface area contributed by atoms with Gasteiger partial charge in [-0.3, -0.25) is 0 Å². The molecule has 98 valence electrons.